The van der Waals surface area contributed by atoms with Gasteiger partial charge in [0, 0.05) is 45.3 Å². The molecule has 1 aliphatic carbocycles. The number of ketones is 1. The van der Waals surface area contributed by atoms with Gasteiger partial charge in [0.15, 0.2) is 5.78 Å². The number of nitro benzene ring substituents is 1. The standard InChI is InChI=1S/C33H29Cl2FN4O8.CH4/c1-16-19(31(42)48-2)9-10-20(29(16)39(44)45)26(41)13-12-25-30(40(46)47)27(21-4-3-5-23(35)28(21)36)33(38(25)15-17-6-7-17)22-11-8-18(34)14-24(22)37-32(33)43;/h3-5,8-11,14,17,25,27,30H,6-7,12-13,15H2,1-2H3,(H,37,43);1H4/t25-,27-,30?,33+;/m0./s1. The summed E-state index contributed by atoms with van der Waals surface area (Å²) in [6, 6.07) is 8.57. The van der Waals surface area contributed by atoms with Crippen LogP contribution >= 0.6 is 23.2 Å². The van der Waals surface area contributed by atoms with Gasteiger partial charge in [-0.1, -0.05) is 48.8 Å². The van der Waals surface area contributed by atoms with E-state index in [4.69, 9.17) is 27.9 Å². The minimum atomic E-state index is -1.77. The summed E-state index contributed by atoms with van der Waals surface area (Å²) in [6.07, 6.45) is 1.04. The van der Waals surface area contributed by atoms with E-state index in [1.54, 1.807) is 17.0 Å². The number of carbonyl (C=O) groups is 3. The van der Waals surface area contributed by atoms with Gasteiger partial charge >= 0.3 is 5.97 Å². The molecule has 2 heterocycles. The number of nitrogens with zero attached hydrogens (tertiary/aromatic N) is 3. The summed E-state index contributed by atoms with van der Waals surface area (Å²) >= 11 is 12.5. The summed E-state index contributed by atoms with van der Waals surface area (Å²) in [5.41, 5.74) is -2.19. The second kappa shape index (κ2) is 13.4. The highest BCUT2D eigenvalue weighted by atomic mass is 35.5. The smallest absolute Gasteiger partial charge is 0.338 e. The second-order valence-electron chi connectivity index (χ2n) is 12.3. The Labute approximate surface area is 290 Å². The lowest BCUT2D eigenvalue weighted by Crippen LogP contribution is -2.52. The van der Waals surface area contributed by atoms with Crippen molar-refractivity contribution in [1.29, 1.82) is 0 Å². The molecule has 1 saturated heterocycles. The Morgan fingerprint density at radius 2 is 1.80 bits per heavy atom. The summed E-state index contributed by atoms with van der Waals surface area (Å²) < 4.78 is 20.7. The Morgan fingerprint density at radius 1 is 1.10 bits per heavy atom. The van der Waals surface area contributed by atoms with Crippen LogP contribution in [0.3, 0.4) is 0 Å². The van der Waals surface area contributed by atoms with Crippen molar-refractivity contribution < 1.29 is 33.4 Å². The molecular formula is C34H33Cl2FN4O8. The van der Waals surface area contributed by atoms with Gasteiger partial charge in [0.25, 0.3) is 11.6 Å². The van der Waals surface area contributed by atoms with Crippen LogP contribution in [0.4, 0.5) is 15.8 Å². The van der Waals surface area contributed by atoms with E-state index in [2.05, 4.69) is 5.32 Å². The van der Waals surface area contributed by atoms with Gasteiger partial charge in [-0.2, -0.15) is 0 Å². The van der Waals surface area contributed by atoms with E-state index < -0.39 is 62.6 Å². The van der Waals surface area contributed by atoms with E-state index in [0.29, 0.717) is 16.3 Å². The number of anilines is 1. The molecule has 1 unspecified atom stereocenters. The fourth-order valence-electron chi connectivity index (χ4n) is 7.50. The van der Waals surface area contributed by atoms with Crippen LogP contribution in [0, 0.1) is 38.9 Å². The molecule has 258 valence electrons. The Bertz CT molecular complexity index is 1900. The van der Waals surface area contributed by atoms with Crippen molar-refractivity contribution in [2.24, 2.45) is 5.92 Å². The predicted molar refractivity (Wildman–Crippen MR) is 179 cm³/mol. The third-order valence-corrected chi connectivity index (χ3v) is 10.3. The van der Waals surface area contributed by atoms with E-state index >= 15 is 4.39 Å². The van der Waals surface area contributed by atoms with Gasteiger partial charge in [0.2, 0.25) is 6.04 Å². The van der Waals surface area contributed by atoms with Gasteiger partial charge in [-0.05, 0) is 62.4 Å². The molecule has 3 aromatic carbocycles. The third-order valence-electron chi connectivity index (χ3n) is 9.72. The number of benzene rings is 3. The minimum Gasteiger partial charge on any atom is -0.465 e. The van der Waals surface area contributed by atoms with Crippen molar-refractivity contribution in [3.8, 4) is 0 Å². The van der Waals surface area contributed by atoms with Crippen LogP contribution in [0.25, 0.3) is 0 Å². The molecular weight excluding hydrogens is 682 g/mol. The number of nitrogens with one attached hydrogen (secondary N) is 1. The molecule has 0 aromatic heterocycles. The molecule has 1 N–H and O–H groups in total. The van der Waals surface area contributed by atoms with Crippen LogP contribution in [-0.4, -0.2) is 58.1 Å². The van der Waals surface area contributed by atoms with Gasteiger partial charge in [0.1, 0.15) is 11.4 Å². The first-order valence-electron chi connectivity index (χ1n) is 15.2. The number of fused-ring (bicyclic) bond motifs is 2. The number of carbonyl (C=O) groups excluding carboxylic acids is 3. The number of Topliss-reactive ketones (excluding diaryl/α,β-unsaturated/α-hetero) is 1. The normalized spacial score (nSPS) is 22.7. The lowest BCUT2D eigenvalue weighted by Gasteiger charge is -2.38. The average Bonchev–Trinajstić information content (AvgIpc) is 3.76. The number of esters is 1. The minimum absolute atomic E-state index is 0. The van der Waals surface area contributed by atoms with Gasteiger partial charge < -0.3 is 10.1 Å². The number of rotatable bonds is 10. The molecule has 6 rings (SSSR count). The molecule has 3 aromatic rings. The van der Waals surface area contributed by atoms with Crippen LogP contribution in [0.1, 0.15) is 76.4 Å². The highest BCUT2D eigenvalue weighted by Gasteiger charge is 2.71. The molecule has 1 amide bonds. The lowest BCUT2D eigenvalue weighted by atomic mass is 9.73. The summed E-state index contributed by atoms with van der Waals surface area (Å²) in [6.45, 7) is 1.57. The summed E-state index contributed by atoms with van der Waals surface area (Å²) in [7, 11) is 1.13. The maximum atomic E-state index is 16.0. The Morgan fingerprint density at radius 3 is 2.43 bits per heavy atom. The van der Waals surface area contributed by atoms with Gasteiger partial charge in [-0.25, -0.2) is 9.18 Å². The Kier molecular flexibility index (Phi) is 9.84. The fourth-order valence-corrected chi connectivity index (χ4v) is 7.86. The number of hydrogen-bond acceptors (Lipinski definition) is 9. The molecule has 2 aliphatic heterocycles. The van der Waals surface area contributed by atoms with Gasteiger partial charge in [-0.3, -0.25) is 34.7 Å². The zero-order valence-electron chi connectivity index (χ0n) is 25.7. The molecule has 12 nitrogen and oxygen atoms in total. The van der Waals surface area contributed by atoms with E-state index in [-0.39, 0.29) is 60.0 Å². The molecule has 49 heavy (non-hydrogen) atoms. The largest absolute Gasteiger partial charge is 0.465 e. The highest BCUT2D eigenvalue weighted by molar-refractivity contribution is 6.31. The zero-order chi connectivity index (χ0) is 34.7. The maximum Gasteiger partial charge on any atom is 0.338 e. The number of amides is 1. The maximum absolute atomic E-state index is 16.0. The summed E-state index contributed by atoms with van der Waals surface area (Å²) in [4.78, 5) is 65.9. The molecule has 0 radical (unpaired) electrons. The number of likely N-dealkylation sites (tertiary alicyclic amines) is 1. The lowest BCUT2D eigenvalue weighted by molar-refractivity contribution is -0.528. The van der Waals surface area contributed by atoms with Gasteiger partial charge in [-0.15, -0.1) is 0 Å². The van der Waals surface area contributed by atoms with Gasteiger partial charge in [0.05, 0.1) is 40.1 Å². The molecule has 15 heteroatoms. The topological polar surface area (TPSA) is 162 Å². The van der Waals surface area contributed by atoms with Crippen LogP contribution in [0.2, 0.25) is 10.0 Å². The molecule has 2 fully saturated rings. The molecule has 0 bridgehead atoms. The van der Waals surface area contributed by atoms with Crippen LogP contribution in [-0.2, 0) is 15.1 Å². The fraction of sp³-hybridized carbons (Fsp3) is 0.382. The van der Waals surface area contributed by atoms with Crippen LogP contribution in [0.5, 0.6) is 0 Å². The van der Waals surface area contributed by atoms with Crippen molar-refractivity contribution in [3.63, 3.8) is 0 Å². The van der Waals surface area contributed by atoms with Crippen molar-refractivity contribution in [3.05, 3.63) is 112 Å². The van der Waals surface area contributed by atoms with Crippen molar-refractivity contribution in [2.75, 3.05) is 19.0 Å². The first-order valence-corrected chi connectivity index (χ1v) is 15.9. The van der Waals surface area contributed by atoms with Crippen molar-refractivity contribution >= 4 is 52.2 Å². The van der Waals surface area contributed by atoms with Crippen LogP contribution < -0.4 is 5.32 Å². The van der Waals surface area contributed by atoms with Crippen LogP contribution in [0.15, 0.2) is 48.5 Å². The monoisotopic (exact) mass is 714 g/mol. The molecule has 3 aliphatic rings. The number of methoxy groups -OCH3 is 1. The summed E-state index contributed by atoms with van der Waals surface area (Å²) in [5, 5.41) is 28.1. The molecule has 1 spiro atoms. The van der Waals surface area contributed by atoms with Crippen molar-refractivity contribution in [1.82, 2.24) is 4.90 Å². The van der Waals surface area contributed by atoms with E-state index in [1.165, 1.54) is 37.3 Å². The second-order valence-corrected chi connectivity index (χ2v) is 13.2. The first-order chi connectivity index (χ1) is 22.8. The first kappa shape index (κ1) is 35.8. The number of nitro groups is 2. The number of ether oxygens (including phenoxy) is 1. The third kappa shape index (κ3) is 5.83. The number of halogens is 3. The highest BCUT2D eigenvalue weighted by Crippen LogP contribution is 2.60. The average molecular weight is 716 g/mol. The molecule has 1 saturated carbocycles. The van der Waals surface area contributed by atoms with E-state index in [9.17, 15) is 34.6 Å². The predicted octanol–water partition coefficient (Wildman–Crippen LogP) is 7.11. The molecule has 4 atom stereocenters. The Hall–Kier alpha value is -4.46. The Balaban J connectivity index is 0.00000468. The van der Waals surface area contributed by atoms with E-state index in [1.807, 2.05) is 0 Å². The quantitative estimate of drug-likeness (QED) is 0.0998. The summed E-state index contributed by atoms with van der Waals surface area (Å²) in [5.74, 6) is -4.30. The van der Waals surface area contributed by atoms with Crippen molar-refractivity contribution in [2.45, 2.75) is 63.6 Å². The SMILES string of the molecule is C.COC(=O)c1ccc(C(=O)CC[C@H]2C([N+](=O)[O-])[C@H](c3cccc(Cl)c3F)[C@]3(C(=O)Nc4cc(Cl)ccc43)N2CC2CC2)c([N+](=O)[O-])c1C. The zero-order valence-corrected chi connectivity index (χ0v) is 27.2. The number of hydrogen-bond donors (Lipinski definition) is 1. The van der Waals surface area contributed by atoms with E-state index in [0.717, 1.165) is 26.0 Å².